The van der Waals surface area contributed by atoms with Gasteiger partial charge in [0, 0.05) is 32.5 Å². The number of carbonyl (C=O) groups excluding carboxylic acids is 2. The molecule has 2 fully saturated rings. The highest BCUT2D eigenvalue weighted by Crippen LogP contribution is 2.31. The number of nitrogens with zero attached hydrogens (tertiary/aromatic N) is 1. The summed E-state index contributed by atoms with van der Waals surface area (Å²) in [4.78, 5) is 25.9. The zero-order valence-corrected chi connectivity index (χ0v) is 14.5. The summed E-state index contributed by atoms with van der Waals surface area (Å²) in [5.41, 5.74) is 1.26. The van der Waals surface area contributed by atoms with E-state index in [4.69, 9.17) is 9.47 Å². The minimum absolute atomic E-state index is 0.0833. The number of carbonyl (C=O) groups is 2. The summed E-state index contributed by atoms with van der Waals surface area (Å²) in [5, 5.41) is 2.84. The molecule has 1 spiro atoms. The number of piperidine rings is 1. The molecule has 0 saturated carbocycles. The number of hydrogen-bond donors (Lipinski definition) is 1. The highest BCUT2D eigenvalue weighted by Gasteiger charge is 2.40. The zero-order chi connectivity index (χ0) is 17.5. The molecule has 2 heterocycles. The quantitative estimate of drug-likeness (QED) is 0.626. The number of aryl methyl sites for hydroxylation is 1. The summed E-state index contributed by atoms with van der Waals surface area (Å²) in [7, 11) is 0. The monoisotopic (exact) mass is 346 g/mol. The smallest absolute Gasteiger partial charge is 0.232 e. The second kappa shape index (κ2) is 8.45. The number of nitrogens with one attached hydrogen (secondary N) is 1. The lowest BCUT2D eigenvalue weighted by atomic mass is 10.0. The van der Waals surface area contributed by atoms with Crippen LogP contribution in [0.2, 0.25) is 0 Å². The minimum Gasteiger partial charge on any atom is -0.356 e. The molecule has 1 aromatic rings. The van der Waals surface area contributed by atoms with Gasteiger partial charge in [-0.3, -0.25) is 9.59 Å². The van der Waals surface area contributed by atoms with Gasteiger partial charge in [0.05, 0.1) is 13.2 Å². The Hall–Kier alpha value is -1.92. The molecule has 2 aliphatic rings. The van der Waals surface area contributed by atoms with Crippen molar-refractivity contribution in [2.45, 2.75) is 37.9 Å². The number of likely N-dealkylation sites (tertiary alicyclic amines) is 1. The summed E-state index contributed by atoms with van der Waals surface area (Å²) >= 11 is 0. The summed E-state index contributed by atoms with van der Waals surface area (Å²) in [5.74, 6) is -0.809. The first-order valence-corrected chi connectivity index (χ1v) is 9.03. The van der Waals surface area contributed by atoms with Crippen LogP contribution in [-0.4, -0.2) is 55.3 Å². The molecule has 1 aromatic carbocycles. The second-order valence-corrected chi connectivity index (χ2v) is 6.60. The van der Waals surface area contributed by atoms with E-state index >= 15 is 0 Å². The van der Waals surface area contributed by atoms with E-state index in [2.05, 4.69) is 17.4 Å². The van der Waals surface area contributed by atoms with Gasteiger partial charge < -0.3 is 19.7 Å². The van der Waals surface area contributed by atoms with Crippen molar-refractivity contribution in [1.82, 2.24) is 10.2 Å². The van der Waals surface area contributed by atoms with Crippen LogP contribution in [0.25, 0.3) is 0 Å². The summed E-state index contributed by atoms with van der Waals surface area (Å²) in [6, 6.07) is 10.2. The molecule has 2 amide bonds. The Balaban J connectivity index is 1.32. The molecule has 136 valence electrons. The summed E-state index contributed by atoms with van der Waals surface area (Å²) in [6.45, 7) is 3.00. The van der Waals surface area contributed by atoms with Crippen molar-refractivity contribution in [1.29, 1.82) is 0 Å². The van der Waals surface area contributed by atoms with Crippen LogP contribution in [0.4, 0.5) is 0 Å². The van der Waals surface area contributed by atoms with E-state index in [1.54, 1.807) is 4.90 Å². The lowest BCUT2D eigenvalue weighted by Gasteiger charge is -2.37. The number of benzene rings is 1. The third-order valence-electron chi connectivity index (χ3n) is 4.81. The Bertz CT molecular complexity index is 574. The van der Waals surface area contributed by atoms with Crippen molar-refractivity contribution in [2.75, 3.05) is 32.8 Å². The summed E-state index contributed by atoms with van der Waals surface area (Å²) < 4.78 is 11.3. The molecular weight excluding hydrogens is 320 g/mol. The van der Waals surface area contributed by atoms with Crippen LogP contribution in [0.15, 0.2) is 30.3 Å². The molecular formula is C19H26N2O4. The molecule has 0 aromatic heterocycles. The van der Waals surface area contributed by atoms with E-state index in [0.717, 1.165) is 12.8 Å². The SMILES string of the molecule is O=C(CC(=O)N1CCC2(CC1)OCCO2)NCCCc1ccccc1. The maximum absolute atomic E-state index is 12.2. The van der Waals surface area contributed by atoms with Gasteiger partial charge in [-0.25, -0.2) is 0 Å². The lowest BCUT2D eigenvalue weighted by molar-refractivity contribution is -0.187. The van der Waals surface area contributed by atoms with E-state index in [-0.39, 0.29) is 18.2 Å². The van der Waals surface area contributed by atoms with Crippen LogP contribution in [0.5, 0.6) is 0 Å². The van der Waals surface area contributed by atoms with E-state index in [0.29, 0.717) is 45.7 Å². The van der Waals surface area contributed by atoms with Gasteiger partial charge in [-0.05, 0) is 18.4 Å². The maximum Gasteiger partial charge on any atom is 0.232 e. The molecule has 25 heavy (non-hydrogen) atoms. The van der Waals surface area contributed by atoms with Crippen LogP contribution in [0.3, 0.4) is 0 Å². The van der Waals surface area contributed by atoms with Gasteiger partial charge in [0.2, 0.25) is 11.8 Å². The van der Waals surface area contributed by atoms with Crippen LogP contribution in [0, 0.1) is 0 Å². The lowest BCUT2D eigenvalue weighted by Crippen LogP contribution is -2.48. The third kappa shape index (κ3) is 5.03. The largest absolute Gasteiger partial charge is 0.356 e. The van der Waals surface area contributed by atoms with E-state index in [9.17, 15) is 9.59 Å². The van der Waals surface area contributed by atoms with Gasteiger partial charge in [-0.15, -0.1) is 0 Å². The molecule has 6 heteroatoms. The highest BCUT2D eigenvalue weighted by molar-refractivity contribution is 5.96. The second-order valence-electron chi connectivity index (χ2n) is 6.60. The Morgan fingerprint density at radius 1 is 1.08 bits per heavy atom. The summed E-state index contributed by atoms with van der Waals surface area (Å²) in [6.07, 6.45) is 3.06. The van der Waals surface area contributed by atoms with E-state index in [1.165, 1.54) is 5.56 Å². The number of amides is 2. The molecule has 0 bridgehead atoms. The predicted molar refractivity (Wildman–Crippen MR) is 92.8 cm³/mol. The molecule has 0 aliphatic carbocycles. The number of rotatable bonds is 6. The van der Waals surface area contributed by atoms with Crippen molar-refractivity contribution in [2.24, 2.45) is 0 Å². The standard InChI is InChI=1S/C19H26N2O4/c22-17(20-10-4-7-16-5-2-1-3-6-16)15-18(23)21-11-8-19(9-12-21)24-13-14-25-19/h1-3,5-6H,4,7-15H2,(H,20,22). The Morgan fingerprint density at radius 3 is 2.44 bits per heavy atom. The molecule has 0 radical (unpaired) electrons. The first kappa shape index (κ1) is 17.9. The average Bonchev–Trinajstić information content (AvgIpc) is 3.08. The molecule has 2 saturated heterocycles. The normalized spacial score (nSPS) is 19.1. The number of hydrogen-bond acceptors (Lipinski definition) is 4. The fraction of sp³-hybridized carbons (Fsp3) is 0.579. The van der Waals surface area contributed by atoms with Crippen LogP contribution in [-0.2, 0) is 25.5 Å². The number of ether oxygens (including phenoxy) is 2. The van der Waals surface area contributed by atoms with Gasteiger partial charge in [-0.1, -0.05) is 30.3 Å². The van der Waals surface area contributed by atoms with E-state index < -0.39 is 5.79 Å². The maximum atomic E-state index is 12.2. The molecule has 0 unspecified atom stereocenters. The average molecular weight is 346 g/mol. The molecule has 0 atom stereocenters. The molecule has 2 aliphatic heterocycles. The fourth-order valence-electron chi connectivity index (χ4n) is 3.36. The topological polar surface area (TPSA) is 67.9 Å². The molecule has 1 N–H and O–H groups in total. The van der Waals surface area contributed by atoms with Gasteiger partial charge in [0.1, 0.15) is 6.42 Å². The van der Waals surface area contributed by atoms with Crippen molar-refractivity contribution in [3.63, 3.8) is 0 Å². The molecule has 6 nitrogen and oxygen atoms in total. The Morgan fingerprint density at radius 2 is 1.76 bits per heavy atom. The Kier molecular flexibility index (Phi) is 6.04. The third-order valence-corrected chi connectivity index (χ3v) is 4.81. The molecule has 3 rings (SSSR count). The van der Waals surface area contributed by atoms with Crippen molar-refractivity contribution < 1.29 is 19.1 Å². The highest BCUT2D eigenvalue weighted by atomic mass is 16.7. The first-order valence-electron chi connectivity index (χ1n) is 9.03. The van der Waals surface area contributed by atoms with Crippen molar-refractivity contribution >= 4 is 11.8 Å². The van der Waals surface area contributed by atoms with Crippen LogP contribution < -0.4 is 5.32 Å². The first-order chi connectivity index (χ1) is 12.2. The predicted octanol–water partition coefficient (Wildman–Crippen LogP) is 1.49. The van der Waals surface area contributed by atoms with Crippen molar-refractivity contribution in [3.8, 4) is 0 Å². The van der Waals surface area contributed by atoms with Crippen LogP contribution in [0.1, 0.15) is 31.2 Å². The minimum atomic E-state index is -0.490. The van der Waals surface area contributed by atoms with Gasteiger partial charge in [0.25, 0.3) is 0 Å². The van der Waals surface area contributed by atoms with Crippen LogP contribution >= 0.6 is 0 Å². The van der Waals surface area contributed by atoms with Gasteiger partial charge in [-0.2, -0.15) is 0 Å². The van der Waals surface area contributed by atoms with E-state index in [1.807, 2.05) is 18.2 Å². The van der Waals surface area contributed by atoms with Gasteiger partial charge >= 0.3 is 0 Å². The fourth-order valence-corrected chi connectivity index (χ4v) is 3.36. The van der Waals surface area contributed by atoms with Gasteiger partial charge in [0.15, 0.2) is 5.79 Å². The zero-order valence-electron chi connectivity index (χ0n) is 14.5. The Labute approximate surface area is 148 Å². The van der Waals surface area contributed by atoms with Crippen molar-refractivity contribution in [3.05, 3.63) is 35.9 Å².